The molecule has 0 aromatic carbocycles. The Labute approximate surface area is 48.5 Å². The lowest BCUT2D eigenvalue weighted by molar-refractivity contribution is 0.0908. The van der Waals surface area contributed by atoms with E-state index in [0.717, 1.165) is 0 Å². The quantitative estimate of drug-likeness (QED) is 0.432. The molecule has 2 N–H and O–H groups in total. The maximum Gasteiger partial charge on any atom is 0.0775 e. The van der Waals surface area contributed by atoms with E-state index in [1.165, 1.54) is 0 Å². The molecule has 0 fully saturated rings. The third-order valence-electron chi connectivity index (χ3n) is 1.58. The van der Waals surface area contributed by atoms with Crippen molar-refractivity contribution >= 4 is 0 Å². The van der Waals surface area contributed by atoms with Gasteiger partial charge in [0.15, 0.2) is 0 Å². The van der Waals surface area contributed by atoms with Gasteiger partial charge in [-0.2, -0.15) is 0 Å². The van der Waals surface area contributed by atoms with Gasteiger partial charge < -0.3 is 10.2 Å². The van der Waals surface area contributed by atoms with Crippen LogP contribution in [0.4, 0.5) is 0 Å². The Kier molecular flexibility index (Phi) is 1.36. The average Bonchev–Trinajstić information content (AvgIpc) is 1.98. The lowest BCUT2D eigenvalue weighted by Gasteiger charge is -2.10. The molecule has 0 bridgehead atoms. The lowest BCUT2D eigenvalue weighted by atomic mass is 10.1. The van der Waals surface area contributed by atoms with Crippen LogP contribution in [-0.4, -0.2) is 22.4 Å². The van der Waals surface area contributed by atoms with Crippen molar-refractivity contribution in [3.63, 3.8) is 0 Å². The van der Waals surface area contributed by atoms with Gasteiger partial charge in [-0.15, -0.1) is 0 Å². The molecular formula is C6H10O2. The zero-order chi connectivity index (χ0) is 6.15. The summed E-state index contributed by atoms with van der Waals surface area (Å²) in [7, 11) is 0. The zero-order valence-corrected chi connectivity index (χ0v) is 4.78. The summed E-state index contributed by atoms with van der Waals surface area (Å²) < 4.78 is 0. The molecule has 1 aliphatic rings. The molecular weight excluding hydrogens is 104 g/mol. The first kappa shape index (κ1) is 5.79. The van der Waals surface area contributed by atoms with Gasteiger partial charge >= 0.3 is 0 Å². The van der Waals surface area contributed by atoms with Gasteiger partial charge in [0, 0.05) is 5.92 Å². The second-order valence-electron chi connectivity index (χ2n) is 2.23. The van der Waals surface area contributed by atoms with Gasteiger partial charge in [0.25, 0.3) is 0 Å². The molecule has 0 heterocycles. The highest BCUT2D eigenvalue weighted by Crippen LogP contribution is 2.17. The Morgan fingerprint density at radius 1 is 1.12 bits per heavy atom. The lowest BCUT2D eigenvalue weighted by Crippen LogP contribution is -2.19. The molecule has 1 aliphatic carbocycles. The average molecular weight is 114 g/mol. The van der Waals surface area contributed by atoms with Crippen LogP contribution in [-0.2, 0) is 0 Å². The molecule has 2 unspecified atom stereocenters. The van der Waals surface area contributed by atoms with Gasteiger partial charge in [0.2, 0.25) is 0 Å². The summed E-state index contributed by atoms with van der Waals surface area (Å²) in [6.45, 7) is 1.81. The minimum Gasteiger partial charge on any atom is -0.389 e. The molecule has 0 saturated carbocycles. The van der Waals surface area contributed by atoms with E-state index in [-0.39, 0.29) is 5.92 Å². The van der Waals surface area contributed by atoms with Crippen molar-refractivity contribution in [2.24, 2.45) is 5.92 Å². The fourth-order valence-electron chi connectivity index (χ4n) is 0.780. The molecule has 2 nitrogen and oxygen atoms in total. The van der Waals surface area contributed by atoms with Crippen LogP contribution in [0.5, 0.6) is 0 Å². The Hall–Kier alpha value is -0.340. The van der Waals surface area contributed by atoms with Crippen LogP contribution in [0.15, 0.2) is 12.2 Å². The first-order chi connectivity index (χ1) is 3.72. The van der Waals surface area contributed by atoms with Crippen LogP contribution in [0.2, 0.25) is 0 Å². The predicted octanol–water partition coefficient (Wildman–Crippen LogP) is -0.0859. The number of aliphatic hydroxyl groups excluding tert-OH is 2. The summed E-state index contributed by atoms with van der Waals surface area (Å²) in [6, 6.07) is 0. The number of hydrogen-bond acceptors (Lipinski definition) is 2. The summed E-state index contributed by atoms with van der Waals surface area (Å²) in [5.41, 5.74) is 0. The number of hydrogen-bond donors (Lipinski definition) is 2. The molecule has 2 heteroatoms. The number of aliphatic hydroxyl groups is 2. The first-order valence-corrected chi connectivity index (χ1v) is 2.76. The first-order valence-electron chi connectivity index (χ1n) is 2.76. The molecule has 1 rings (SSSR count). The summed E-state index contributed by atoms with van der Waals surface area (Å²) in [5, 5.41) is 17.8. The van der Waals surface area contributed by atoms with Crippen molar-refractivity contribution < 1.29 is 10.2 Å². The molecule has 46 valence electrons. The van der Waals surface area contributed by atoms with Crippen LogP contribution in [0.1, 0.15) is 6.92 Å². The van der Waals surface area contributed by atoms with Gasteiger partial charge in [-0.25, -0.2) is 0 Å². The van der Waals surface area contributed by atoms with E-state index < -0.39 is 12.2 Å². The monoisotopic (exact) mass is 114 g/mol. The fraction of sp³-hybridized carbons (Fsp3) is 0.667. The Morgan fingerprint density at radius 3 is 1.62 bits per heavy atom. The molecule has 0 spiro atoms. The van der Waals surface area contributed by atoms with Crippen molar-refractivity contribution in [3.8, 4) is 0 Å². The highest BCUT2D eigenvalue weighted by Gasteiger charge is 2.23. The largest absolute Gasteiger partial charge is 0.389 e. The Morgan fingerprint density at radius 2 is 1.50 bits per heavy atom. The summed E-state index contributed by atoms with van der Waals surface area (Å²) >= 11 is 0. The maximum atomic E-state index is 8.92. The van der Waals surface area contributed by atoms with Gasteiger partial charge in [-0.3, -0.25) is 0 Å². The maximum absolute atomic E-state index is 8.92. The van der Waals surface area contributed by atoms with Gasteiger partial charge in [-0.05, 0) is 0 Å². The third-order valence-corrected chi connectivity index (χ3v) is 1.58. The molecule has 0 aromatic heterocycles. The topological polar surface area (TPSA) is 40.5 Å². The van der Waals surface area contributed by atoms with Crippen molar-refractivity contribution in [2.75, 3.05) is 0 Å². The SMILES string of the molecule is CC1C(O)C=CC1O. The van der Waals surface area contributed by atoms with Crippen molar-refractivity contribution in [2.45, 2.75) is 19.1 Å². The molecule has 0 radical (unpaired) electrons. The highest BCUT2D eigenvalue weighted by atomic mass is 16.3. The van der Waals surface area contributed by atoms with E-state index in [1.54, 1.807) is 12.2 Å². The van der Waals surface area contributed by atoms with Gasteiger partial charge in [-0.1, -0.05) is 19.1 Å². The molecule has 0 amide bonds. The molecule has 0 saturated heterocycles. The summed E-state index contributed by atoms with van der Waals surface area (Å²) in [4.78, 5) is 0. The molecule has 0 aromatic rings. The standard InChI is InChI=1S/C6H10O2/c1-4-5(7)2-3-6(4)8/h2-8H,1H3. The van der Waals surface area contributed by atoms with Crippen LogP contribution < -0.4 is 0 Å². The third kappa shape index (κ3) is 0.767. The minimum absolute atomic E-state index is 0.0185. The van der Waals surface area contributed by atoms with Gasteiger partial charge in [0.05, 0.1) is 12.2 Å². The van der Waals surface area contributed by atoms with Crippen LogP contribution >= 0.6 is 0 Å². The van der Waals surface area contributed by atoms with E-state index in [1.807, 2.05) is 6.92 Å². The van der Waals surface area contributed by atoms with E-state index >= 15 is 0 Å². The Balaban J connectivity index is 2.55. The number of rotatable bonds is 0. The van der Waals surface area contributed by atoms with E-state index in [2.05, 4.69) is 0 Å². The van der Waals surface area contributed by atoms with E-state index in [0.29, 0.717) is 0 Å². The van der Waals surface area contributed by atoms with Crippen LogP contribution in [0.3, 0.4) is 0 Å². The summed E-state index contributed by atoms with van der Waals surface area (Å²) in [5.74, 6) is -0.0185. The predicted molar refractivity (Wildman–Crippen MR) is 30.3 cm³/mol. The van der Waals surface area contributed by atoms with Crippen LogP contribution in [0.25, 0.3) is 0 Å². The minimum atomic E-state index is -0.440. The molecule has 2 atom stereocenters. The van der Waals surface area contributed by atoms with Gasteiger partial charge in [0.1, 0.15) is 0 Å². The van der Waals surface area contributed by atoms with E-state index in [9.17, 15) is 0 Å². The summed E-state index contributed by atoms with van der Waals surface area (Å²) in [6.07, 6.45) is 2.36. The fourth-order valence-corrected chi connectivity index (χ4v) is 0.780. The molecule has 0 aliphatic heterocycles. The second-order valence-corrected chi connectivity index (χ2v) is 2.23. The van der Waals surface area contributed by atoms with Crippen molar-refractivity contribution in [1.82, 2.24) is 0 Å². The van der Waals surface area contributed by atoms with Crippen LogP contribution in [0, 0.1) is 5.92 Å². The van der Waals surface area contributed by atoms with Crippen molar-refractivity contribution in [3.05, 3.63) is 12.2 Å². The zero-order valence-electron chi connectivity index (χ0n) is 4.78. The molecule has 8 heavy (non-hydrogen) atoms. The normalized spacial score (nSPS) is 45.6. The van der Waals surface area contributed by atoms with Crippen molar-refractivity contribution in [1.29, 1.82) is 0 Å². The Bertz CT molecular complexity index is 97.1. The highest BCUT2D eigenvalue weighted by molar-refractivity contribution is 5.06. The second kappa shape index (κ2) is 1.88. The van der Waals surface area contributed by atoms with E-state index in [4.69, 9.17) is 10.2 Å². The smallest absolute Gasteiger partial charge is 0.0775 e.